The van der Waals surface area contributed by atoms with E-state index in [4.69, 9.17) is 11.5 Å². The van der Waals surface area contributed by atoms with Gasteiger partial charge in [-0.15, -0.1) is 6.42 Å². The Balaban J connectivity index is 4.22. The average Bonchev–Trinajstić information content (AvgIpc) is 1.79. The molecule has 0 fully saturated rings. The van der Waals surface area contributed by atoms with E-state index in [1.807, 2.05) is 20.8 Å². The minimum atomic E-state index is -1.33. The molecule has 0 aliphatic heterocycles. The molecule has 0 saturated carbocycles. The highest BCUT2D eigenvalue weighted by molar-refractivity contribution is 5.57. The second-order valence-corrected chi connectivity index (χ2v) is 3.30. The molecule has 0 aromatic rings. The first-order chi connectivity index (χ1) is 4.88. The SMILES string of the molecule is C#CC(OC(=O)O)C(C)(C)C. The molecule has 0 rings (SSSR count). The molecule has 0 aromatic carbocycles. The Morgan fingerprint density at radius 2 is 2.09 bits per heavy atom. The van der Waals surface area contributed by atoms with Crippen molar-refractivity contribution in [2.75, 3.05) is 0 Å². The molecule has 1 N–H and O–H groups in total. The van der Waals surface area contributed by atoms with Gasteiger partial charge in [-0.2, -0.15) is 0 Å². The quantitative estimate of drug-likeness (QED) is 0.464. The Morgan fingerprint density at radius 1 is 1.64 bits per heavy atom. The molecule has 1 unspecified atom stereocenters. The van der Waals surface area contributed by atoms with Gasteiger partial charge in [0.15, 0.2) is 6.10 Å². The van der Waals surface area contributed by atoms with Crippen molar-refractivity contribution in [3.63, 3.8) is 0 Å². The van der Waals surface area contributed by atoms with Crippen LogP contribution in [0.5, 0.6) is 0 Å². The average molecular weight is 156 g/mol. The third kappa shape index (κ3) is 3.51. The maximum absolute atomic E-state index is 10.1. The number of terminal acetylenes is 1. The molecule has 62 valence electrons. The summed E-state index contributed by atoms with van der Waals surface area (Å²) in [5.41, 5.74) is -0.340. The third-order valence-electron chi connectivity index (χ3n) is 1.16. The minimum absolute atomic E-state index is 0.340. The lowest BCUT2D eigenvalue weighted by molar-refractivity contribution is 0.0306. The minimum Gasteiger partial charge on any atom is -0.450 e. The highest BCUT2D eigenvalue weighted by Crippen LogP contribution is 2.21. The number of carbonyl (C=O) groups is 1. The van der Waals surface area contributed by atoms with Crippen LogP contribution in [0.4, 0.5) is 4.79 Å². The standard InChI is InChI=1S/C8H12O3/c1-5-6(8(2,3)4)11-7(9)10/h1,6H,2-4H3,(H,9,10). The van der Waals surface area contributed by atoms with Gasteiger partial charge in [-0.25, -0.2) is 4.79 Å². The first-order valence-corrected chi connectivity index (χ1v) is 3.23. The van der Waals surface area contributed by atoms with Crippen LogP contribution in [0.25, 0.3) is 0 Å². The number of rotatable bonds is 1. The van der Waals surface area contributed by atoms with Gasteiger partial charge in [0.25, 0.3) is 0 Å². The van der Waals surface area contributed by atoms with Crippen LogP contribution in [0.3, 0.4) is 0 Å². The summed E-state index contributed by atoms with van der Waals surface area (Å²) in [6.07, 6.45) is 3.06. The van der Waals surface area contributed by atoms with Gasteiger partial charge in [0.2, 0.25) is 0 Å². The first kappa shape index (κ1) is 9.83. The summed E-state index contributed by atoms with van der Waals surface area (Å²) in [4.78, 5) is 10.1. The summed E-state index contributed by atoms with van der Waals surface area (Å²) in [7, 11) is 0. The van der Waals surface area contributed by atoms with Crippen molar-refractivity contribution < 1.29 is 14.6 Å². The van der Waals surface area contributed by atoms with Crippen LogP contribution in [0.2, 0.25) is 0 Å². The third-order valence-corrected chi connectivity index (χ3v) is 1.16. The molecule has 0 radical (unpaired) electrons. The summed E-state index contributed by atoms with van der Waals surface area (Å²) in [5.74, 6) is 2.27. The van der Waals surface area contributed by atoms with Gasteiger partial charge in [-0.3, -0.25) is 0 Å². The van der Waals surface area contributed by atoms with Crippen molar-refractivity contribution >= 4 is 6.16 Å². The fraction of sp³-hybridized carbons (Fsp3) is 0.625. The molecular weight excluding hydrogens is 144 g/mol. The lowest BCUT2D eigenvalue weighted by atomic mass is 9.90. The summed E-state index contributed by atoms with van der Waals surface area (Å²) in [6, 6.07) is 0. The van der Waals surface area contributed by atoms with Gasteiger partial charge >= 0.3 is 6.16 Å². The normalized spacial score (nSPS) is 13.3. The van der Waals surface area contributed by atoms with Crippen molar-refractivity contribution in [1.82, 2.24) is 0 Å². The van der Waals surface area contributed by atoms with E-state index < -0.39 is 12.3 Å². The topological polar surface area (TPSA) is 46.5 Å². The van der Waals surface area contributed by atoms with E-state index in [2.05, 4.69) is 10.7 Å². The van der Waals surface area contributed by atoms with Gasteiger partial charge in [0.1, 0.15) is 0 Å². The fourth-order valence-corrected chi connectivity index (χ4v) is 0.562. The second-order valence-electron chi connectivity index (χ2n) is 3.30. The monoisotopic (exact) mass is 156 g/mol. The van der Waals surface area contributed by atoms with Crippen molar-refractivity contribution in [2.45, 2.75) is 26.9 Å². The van der Waals surface area contributed by atoms with E-state index in [1.165, 1.54) is 0 Å². The van der Waals surface area contributed by atoms with E-state index in [0.717, 1.165) is 0 Å². The maximum atomic E-state index is 10.1. The molecule has 0 amide bonds. The van der Waals surface area contributed by atoms with E-state index in [0.29, 0.717) is 0 Å². The van der Waals surface area contributed by atoms with Gasteiger partial charge in [0.05, 0.1) is 0 Å². The zero-order valence-electron chi connectivity index (χ0n) is 6.92. The summed E-state index contributed by atoms with van der Waals surface area (Å²) >= 11 is 0. The maximum Gasteiger partial charge on any atom is 0.507 e. The number of ether oxygens (including phenoxy) is 1. The lowest BCUT2D eigenvalue weighted by Gasteiger charge is -2.24. The molecule has 0 saturated heterocycles. The van der Waals surface area contributed by atoms with Gasteiger partial charge < -0.3 is 9.84 Å². The van der Waals surface area contributed by atoms with E-state index >= 15 is 0 Å². The van der Waals surface area contributed by atoms with Crippen molar-refractivity contribution in [3.05, 3.63) is 0 Å². The zero-order valence-corrected chi connectivity index (χ0v) is 6.92. The van der Waals surface area contributed by atoms with Crippen molar-refractivity contribution in [3.8, 4) is 12.3 Å². The van der Waals surface area contributed by atoms with Gasteiger partial charge in [-0.1, -0.05) is 26.7 Å². The molecular formula is C8H12O3. The molecule has 0 spiro atoms. The van der Waals surface area contributed by atoms with Crippen LogP contribution < -0.4 is 0 Å². The Labute approximate surface area is 66.4 Å². The predicted molar refractivity (Wildman–Crippen MR) is 41.2 cm³/mol. The Hall–Kier alpha value is -1.17. The Morgan fingerprint density at radius 3 is 2.18 bits per heavy atom. The van der Waals surface area contributed by atoms with E-state index in [1.54, 1.807) is 0 Å². The first-order valence-electron chi connectivity index (χ1n) is 3.23. The highest BCUT2D eigenvalue weighted by Gasteiger charge is 2.25. The largest absolute Gasteiger partial charge is 0.507 e. The van der Waals surface area contributed by atoms with Crippen LogP contribution >= 0.6 is 0 Å². The smallest absolute Gasteiger partial charge is 0.450 e. The van der Waals surface area contributed by atoms with Crippen LogP contribution in [0.15, 0.2) is 0 Å². The lowest BCUT2D eigenvalue weighted by Crippen LogP contribution is -2.29. The molecule has 3 nitrogen and oxygen atoms in total. The van der Waals surface area contributed by atoms with Crippen molar-refractivity contribution in [1.29, 1.82) is 0 Å². The van der Waals surface area contributed by atoms with Gasteiger partial charge in [0, 0.05) is 5.41 Å². The fourth-order valence-electron chi connectivity index (χ4n) is 0.562. The predicted octanol–water partition coefficient (Wildman–Crippen LogP) is 1.73. The Bertz CT molecular complexity index is 182. The summed E-state index contributed by atoms with van der Waals surface area (Å²) < 4.78 is 4.44. The number of hydrogen-bond acceptors (Lipinski definition) is 2. The van der Waals surface area contributed by atoms with E-state index in [-0.39, 0.29) is 5.41 Å². The molecule has 3 heteroatoms. The molecule has 0 aliphatic carbocycles. The molecule has 0 bridgehead atoms. The molecule has 11 heavy (non-hydrogen) atoms. The Kier molecular flexibility index (Phi) is 2.94. The second kappa shape index (κ2) is 3.29. The van der Waals surface area contributed by atoms with Crippen LogP contribution in [-0.2, 0) is 4.74 Å². The van der Waals surface area contributed by atoms with Crippen LogP contribution in [-0.4, -0.2) is 17.4 Å². The van der Waals surface area contributed by atoms with Crippen molar-refractivity contribution in [2.24, 2.45) is 5.41 Å². The summed E-state index contributed by atoms with van der Waals surface area (Å²) in [5, 5.41) is 8.26. The number of carboxylic acid groups (broad SMARTS) is 1. The number of hydrogen-bond donors (Lipinski definition) is 1. The highest BCUT2D eigenvalue weighted by atomic mass is 16.7. The van der Waals surface area contributed by atoms with Crippen LogP contribution in [0, 0.1) is 17.8 Å². The molecule has 1 atom stereocenters. The zero-order chi connectivity index (χ0) is 9.07. The molecule has 0 heterocycles. The van der Waals surface area contributed by atoms with Crippen LogP contribution in [0.1, 0.15) is 20.8 Å². The van der Waals surface area contributed by atoms with Gasteiger partial charge in [-0.05, 0) is 0 Å². The van der Waals surface area contributed by atoms with E-state index in [9.17, 15) is 4.79 Å². The molecule has 0 aromatic heterocycles. The summed E-state index contributed by atoms with van der Waals surface area (Å²) in [6.45, 7) is 5.46. The molecule has 0 aliphatic rings.